The van der Waals surface area contributed by atoms with Crippen LogP contribution >= 0.6 is 0 Å². The Morgan fingerprint density at radius 1 is 1.16 bits per heavy atom. The predicted octanol–water partition coefficient (Wildman–Crippen LogP) is 2.31. The number of carbonyl (C=O) groups excluding carboxylic acids is 1. The third-order valence-corrected chi connectivity index (χ3v) is 5.71. The average molecular weight is 346 g/mol. The van der Waals surface area contributed by atoms with Gasteiger partial charge in [-0.15, -0.1) is 0 Å². The van der Waals surface area contributed by atoms with Gasteiger partial charge in [-0.25, -0.2) is 0 Å². The minimum absolute atomic E-state index is 0.0908. The molecule has 25 heavy (non-hydrogen) atoms. The number of benzene rings is 1. The summed E-state index contributed by atoms with van der Waals surface area (Å²) in [6.07, 6.45) is 5.18. The molecular weight excluding hydrogens is 316 g/mol. The van der Waals surface area contributed by atoms with Gasteiger partial charge in [-0.3, -0.25) is 4.79 Å². The summed E-state index contributed by atoms with van der Waals surface area (Å²) >= 11 is 0. The zero-order valence-corrected chi connectivity index (χ0v) is 15.1. The zero-order valence-electron chi connectivity index (χ0n) is 15.1. The van der Waals surface area contributed by atoms with E-state index in [9.17, 15) is 9.90 Å². The van der Waals surface area contributed by atoms with E-state index in [1.165, 1.54) is 18.4 Å². The van der Waals surface area contributed by atoms with Crippen molar-refractivity contribution in [2.45, 2.75) is 62.6 Å². The van der Waals surface area contributed by atoms with Crippen LogP contribution in [0.25, 0.3) is 0 Å². The fraction of sp³-hybridized carbons (Fsp3) is 0.650. The van der Waals surface area contributed by atoms with Crippen molar-refractivity contribution in [1.29, 1.82) is 0 Å². The van der Waals surface area contributed by atoms with E-state index in [1.54, 1.807) is 0 Å². The lowest BCUT2D eigenvalue weighted by molar-refractivity contribution is -0.149. The van der Waals surface area contributed by atoms with Crippen LogP contribution in [0.1, 0.15) is 57.1 Å². The molecule has 2 aliphatic rings. The Morgan fingerprint density at radius 3 is 2.44 bits per heavy atom. The lowest BCUT2D eigenvalue weighted by Gasteiger charge is -2.36. The number of rotatable bonds is 6. The number of aliphatic hydroxyl groups is 1. The molecule has 0 aromatic heterocycles. The maximum atomic E-state index is 12.5. The van der Waals surface area contributed by atoms with Gasteiger partial charge in [-0.1, -0.05) is 43.2 Å². The minimum Gasteiger partial charge on any atom is -0.381 e. The zero-order chi connectivity index (χ0) is 17.8. The number of hydrogen-bond acceptors (Lipinski definition) is 4. The first-order valence-electron chi connectivity index (χ1n) is 9.44. The molecule has 138 valence electrons. The van der Waals surface area contributed by atoms with Crippen LogP contribution in [0.2, 0.25) is 0 Å². The highest BCUT2D eigenvalue weighted by Crippen LogP contribution is 2.32. The third kappa shape index (κ3) is 4.40. The molecular formula is C20H30N2O3. The number of amides is 1. The summed E-state index contributed by atoms with van der Waals surface area (Å²) in [6, 6.07) is 10.6. The molecule has 1 aromatic carbocycles. The van der Waals surface area contributed by atoms with Crippen molar-refractivity contribution >= 4 is 5.91 Å². The third-order valence-electron chi connectivity index (χ3n) is 5.71. The number of carbonyl (C=O) groups is 1. The molecule has 1 atom stereocenters. The largest absolute Gasteiger partial charge is 0.381 e. The van der Waals surface area contributed by atoms with Gasteiger partial charge in [0.1, 0.15) is 5.60 Å². The van der Waals surface area contributed by atoms with Crippen molar-refractivity contribution in [3.63, 3.8) is 0 Å². The predicted molar refractivity (Wildman–Crippen MR) is 97.2 cm³/mol. The van der Waals surface area contributed by atoms with Gasteiger partial charge in [0.25, 0.3) is 5.91 Å². The summed E-state index contributed by atoms with van der Waals surface area (Å²) in [7, 11) is 0. The Labute approximate surface area is 150 Å². The highest BCUT2D eigenvalue weighted by atomic mass is 16.5. The number of ether oxygens (including phenoxy) is 1. The molecule has 1 aromatic rings. The van der Waals surface area contributed by atoms with Crippen LogP contribution in [-0.2, 0) is 9.53 Å². The van der Waals surface area contributed by atoms with E-state index in [1.807, 2.05) is 6.07 Å². The van der Waals surface area contributed by atoms with Crippen LogP contribution in [0.5, 0.6) is 0 Å². The topological polar surface area (TPSA) is 70.6 Å². The van der Waals surface area contributed by atoms with Crippen molar-refractivity contribution in [2.75, 3.05) is 19.8 Å². The van der Waals surface area contributed by atoms with Crippen LogP contribution < -0.4 is 10.6 Å². The number of nitrogens with one attached hydrogen (secondary N) is 2. The lowest BCUT2D eigenvalue weighted by Crippen LogP contribution is -2.57. The maximum Gasteiger partial charge on any atom is 0.252 e. The Kier molecular flexibility index (Phi) is 5.77. The smallest absolute Gasteiger partial charge is 0.252 e. The molecule has 1 saturated heterocycles. The second-order valence-corrected chi connectivity index (χ2v) is 7.59. The van der Waals surface area contributed by atoms with Crippen LogP contribution in [0.15, 0.2) is 30.3 Å². The summed E-state index contributed by atoms with van der Waals surface area (Å²) in [5.74, 6) is -0.253. The monoisotopic (exact) mass is 346 g/mol. The van der Waals surface area contributed by atoms with Crippen molar-refractivity contribution in [3.05, 3.63) is 35.9 Å². The fourth-order valence-corrected chi connectivity index (χ4v) is 4.06. The Bertz CT molecular complexity index is 564. The van der Waals surface area contributed by atoms with Gasteiger partial charge in [0, 0.05) is 44.2 Å². The van der Waals surface area contributed by atoms with Crippen molar-refractivity contribution in [2.24, 2.45) is 0 Å². The molecule has 0 spiro atoms. The first kappa shape index (κ1) is 18.4. The standard InChI is InChI=1S/C20H30N2O3/c1-16(17-7-3-2-4-8-17)22-19(9-5-6-10-19)15-21-18(23)20(24)11-13-25-14-12-20/h2-4,7-8,16,22,24H,5-6,9-15H2,1H3,(H,21,23)/t16-/m0/s1. The van der Waals surface area contributed by atoms with E-state index in [4.69, 9.17) is 4.74 Å². The van der Waals surface area contributed by atoms with Gasteiger partial charge in [0.15, 0.2) is 0 Å². The van der Waals surface area contributed by atoms with Crippen LogP contribution in [0.4, 0.5) is 0 Å². The maximum absolute atomic E-state index is 12.5. The Balaban J connectivity index is 1.61. The van der Waals surface area contributed by atoms with Crippen LogP contribution in [0, 0.1) is 0 Å². The second kappa shape index (κ2) is 7.85. The lowest BCUT2D eigenvalue weighted by atomic mass is 9.91. The minimum atomic E-state index is -1.27. The molecule has 3 rings (SSSR count). The summed E-state index contributed by atoms with van der Waals surface area (Å²) in [5, 5.41) is 17.3. The molecule has 0 unspecified atom stereocenters. The van der Waals surface area contributed by atoms with Crippen molar-refractivity contribution in [1.82, 2.24) is 10.6 Å². The second-order valence-electron chi connectivity index (χ2n) is 7.59. The Morgan fingerprint density at radius 2 is 1.80 bits per heavy atom. The van der Waals surface area contributed by atoms with Gasteiger partial charge >= 0.3 is 0 Å². The molecule has 1 amide bonds. The molecule has 1 saturated carbocycles. The SMILES string of the molecule is C[C@H](NC1(CNC(=O)C2(O)CCOCC2)CCCC1)c1ccccc1. The van der Waals surface area contributed by atoms with Crippen LogP contribution in [0.3, 0.4) is 0 Å². The van der Waals surface area contributed by atoms with E-state index in [2.05, 4.69) is 41.8 Å². The molecule has 1 heterocycles. The van der Waals surface area contributed by atoms with Crippen molar-refractivity contribution < 1.29 is 14.6 Å². The first-order chi connectivity index (χ1) is 12.0. The van der Waals surface area contributed by atoms with E-state index in [0.717, 1.165) is 12.8 Å². The van der Waals surface area contributed by atoms with Crippen LogP contribution in [-0.4, -0.2) is 41.9 Å². The fourth-order valence-electron chi connectivity index (χ4n) is 4.06. The van der Waals surface area contributed by atoms with Gasteiger partial charge in [0.05, 0.1) is 0 Å². The normalized spacial score (nSPS) is 23.1. The molecule has 2 fully saturated rings. The highest BCUT2D eigenvalue weighted by Gasteiger charge is 2.40. The molecule has 1 aliphatic heterocycles. The van der Waals surface area contributed by atoms with E-state index < -0.39 is 5.60 Å². The number of hydrogen-bond donors (Lipinski definition) is 3. The van der Waals surface area contributed by atoms with Gasteiger partial charge in [0.2, 0.25) is 0 Å². The molecule has 0 bridgehead atoms. The van der Waals surface area contributed by atoms with Gasteiger partial charge in [-0.2, -0.15) is 0 Å². The summed E-state index contributed by atoms with van der Waals surface area (Å²) in [6.45, 7) is 3.62. The molecule has 5 heteroatoms. The summed E-state index contributed by atoms with van der Waals surface area (Å²) < 4.78 is 5.26. The van der Waals surface area contributed by atoms with Gasteiger partial charge in [-0.05, 0) is 25.3 Å². The van der Waals surface area contributed by atoms with E-state index >= 15 is 0 Å². The van der Waals surface area contributed by atoms with Crippen molar-refractivity contribution in [3.8, 4) is 0 Å². The average Bonchev–Trinajstić information content (AvgIpc) is 3.09. The van der Waals surface area contributed by atoms with Gasteiger partial charge < -0.3 is 20.5 Å². The molecule has 5 nitrogen and oxygen atoms in total. The highest BCUT2D eigenvalue weighted by molar-refractivity contribution is 5.85. The van der Waals surface area contributed by atoms with E-state index in [0.29, 0.717) is 32.6 Å². The first-order valence-corrected chi connectivity index (χ1v) is 9.44. The Hall–Kier alpha value is -1.43. The van der Waals surface area contributed by atoms with E-state index in [-0.39, 0.29) is 17.5 Å². The molecule has 3 N–H and O–H groups in total. The molecule has 1 aliphatic carbocycles. The quantitative estimate of drug-likeness (QED) is 0.739. The molecule has 0 radical (unpaired) electrons. The summed E-state index contributed by atoms with van der Waals surface area (Å²) in [4.78, 5) is 12.5. The summed E-state index contributed by atoms with van der Waals surface area (Å²) in [5.41, 5.74) is -0.113.